The minimum absolute atomic E-state index is 0.0953. The number of ether oxygens (including phenoxy) is 3. The van der Waals surface area contributed by atoms with Crippen LogP contribution in [0.1, 0.15) is 16.8 Å². The maximum Gasteiger partial charge on any atom is 0.341 e. The third kappa shape index (κ3) is 5.71. The monoisotopic (exact) mass is 300 g/mol. The summed E-state index contributed by atoms with van der Waals surface area (Å²) in [5, 5.41) is 19.6. The van der Waals surface area contributed by atoms with Crippen molar-refractivity contribution in [1.29, 1.82) is 0 Å². The number of rotatable bonds is 10. The second kappa shape index (κ2) is 8.82. The number of carboxylic acid groups (broad SMARTS) is 1. The molecule has 0 aliphatic carbocycles. The van der Waals surface area contributed by atoms with E-state index in [4.69, 9.17) is 19.3 Å². The van der Waals surface area contributed by atoms with Gasteiger partial charge >= 0.3 is 5.97 Å². The number of hydrogen-bond acceptors (Lipinski definition) is 7. The first-order valence-electron chi connectivity index (χ1n) is 6.13. The first-order valence-corrected chi connectivity index (χ1v) is 6.13. The number of hydrogen-bond donors (Lipinski definition) is 1. The van der Waals surface area contributed by atoms with Gasteiger partial charge in [-0.15, -0.1) is 0 Å². The summed E-state index contributed by atoms with van der Waals surface area (Å²) in [6.07, 6.45) is 1.69. The molecule has 0 aromatic carbocycles. The summed E-state index contributed by atoms with van der Waals surface area (Å²) in [5.41, 5.74) is -0.765. The Morgan fingerprint density at radius 2 is 2.14 bits per heavy atom. The second-order valence-electron chi connectivity index (χ2n) is 3.92. The van der Waals surface area contributed by atoms with E-state index in [-0.39, 0.29) is 24.7 Å². The predicted molar refractivity (Wildman–Crippen MR) is 70.7 cm³/mol. The lowest BCUT2D eigenvalue weighted by molar-refractivity contribution is -0.385. The van der Waals surface area contributed by atoms with Crippen molar-refractivity contribution in [3.8, 4) is 5.88 Å². The molecule has 1 rings (SSSR count). The van der Waals surface area contributed by atoms with Crippen molar-refractivity contribution in [2.75, 3.05) is 33.5 Å². The van der Waals surface area contributed by atoms with Crippen molar-refractivity contribution < 1.29 is 29.0 Å². The molecule has 0 atom stereocenters. The number of nitrogens with zero attached hydrogens (tertiary/aromatic N) is 2. The fourth-order valence-corrected chi connectivity index (χ4v) is 1.41. The molecule has 0 fully saturated rings. The van der Waals surface area contributed by atoms with Crippen LogP contribution in [0.15, 0.2) is 12.3 Å². The highest BCUT2D eigenvalue weighted by molar-refractivity contribution is 5.90. The number of pyridine rings is 1. The van der Waals surface area contributed by atoms with Gasteiger partial charge < -0.3 is 19.3 Å². The molecule has 0 amide bonds. The lowest BCUT2D eigenvalue weighted by Gasteiger charge is -2.08. The van der Waals surface area contributed by atoms with E-state index in [9.17, 15) is 14.9 Å². The second-order valence-corrected chi connectivity index (χ2v) is 3.92. The highest BCUT2D eigenvalue weighted by atomic mass is 16.6. The topological polar surface area (TPSA) is 121 Å². The number of nitro groups is 1. The molecule has 0 saturated heterocycles. The minimum Gasteiger partial charge on any atom is -0.477 e. The molecule has 0 unspecified atom stereocenters. The van der Waals surface area contributed by atoms with Crippen molar-refractivity contribution >= 4 is 11.7 Å². The summed E-state index contributed by atoms with van der Waals surface area (Å²) in [6.45, 7) is 1.43. The van der Waals surface area contributed by atoms with Crippen LogP contribution in [-0.2, 0) is 9.47 Å². The van der Waals surface area contributed by atoms with Crippen molar-refractivity contribution in [2.45, 2.75) is 6.42 Å². The van der Waals surface area contributed by atoms with E-state index in [0.29, 0.717) is 13.2 Å². The average Bonchev–Trinajstić information content (AvgIpc) is 2.46. The molecule has 9 heteroatoms. The Hall–Kier alpha value is -2.26. The molecule has 0 bridgehead atoms. The van der Waals surface area contributed by atoms with Gasteiger partial charge in [-0.05, 0) is 6.42 Å². The van der Waals surface area contributed by atoms with Crippen LogP contribution in [0.4, 0.5) is 5.69 Å². The van der Waals surface area contributed by atoms with E-state index in [0.717, 1.165) is 18.7 Å². The lowest BCUT2D eigenvalue weighted by Crippen LogP contribution is -2.12. The molecule has 0 aliphatic rings. The van der Waals surface area contributed by atoms with Gasteiger partial charge in [0.2, 0.25) is 5.88 Å². The predicted octanol–water partition coefficient (Wildman–Crippen LogP) is 1.12. The molecule has 0 aliphatic heterocycles. The highest BCUT2D eigenvalue weighted by Gasteiger charge is 2.18. The standard InChI is InChI=1S/C12H16N2O7/c1-19-3-2-4-20-5-6-21-11-10(12(15)16)7-9(8-13-11)14(17)18/h7-8H,2-6H2,1H3,(H,15,16). The van der Waals surface area contributed by atoms with Crippen LogP contribution >= 0.6 is 0 Å². The maximum atomic E-state index is 11.0. The fraction of sp³-hybridized carbons (Fsp3) is 0.500. The van der Waals surface area contributed by atoms with Gasteiger partial charge in [0.25, 0.3) is 5.69 Å². The van der Waals surface area contributed by atoms with E-state index >= 15 is 0 Å². The largest absolute Gasteiger partial charge is 0.477 e. The maximum absolute atomic E-state index is 11.0. The highest BCUT2D eigenvalue weighted by Crippen LogP contribution is 2.20. The van der Waals surface area contributed by atoms with E-state index in [1.54, 1.807) is 7.11 Å². The summed E-state index contributed by atoms with van der Waals surface area (Å²) >= 11 is 0. The molecule has 1 heterocycles. The van der Waals surface area contributed by atoms with Crippen molar-refractivity contribution in [3.05, 3.63) is 27.9 Å². The summed E-state index contributed by atoms with van der Waals surface area (Å²) in [6, 6.07) is 0.907. The summed E-state index contributed by atoms with van der Waals surface area (Å²) in [4.78, 5) is 24.5. The van der Waals surface area contributed by atoms with Gasteiger partial charge in [0.15, 0.2) is 0 Å². The zero-order valence-corrected chi connectivity index (χ0v) is 11.5. The summed E-state index contributed by atoms with van der Waals surface area (Å²) in [7, 11) is 1.59. The van der Waals surface area contributed by atoms with Crippen molar-refractivity contribution in [1.82, 2.24) is 4.98 Å². The van der Waals surface area contributed by atoms with Crippen LogP contribution in [0.3, 0.4) is 0 Å². The summed E-state index contributed by atoms with van der Waals surface area (Å²) < 4.78 is 15.2. The molecule has 0 radical (unpaired) electrons. The molecule has 21 heavy (non-hydrogen) atoms. The molecule has 0 spiro atoms. The van der Waals surface area contributed by atoms with E-state index in [1.807, 2.05) is 0 Å². The normalized spacial score (nSPS) is 10.3. The van der Waals surface area contributed by atoms with Gasteiger partial charge in [0, 0.05) is 26.4 Å². The Kier molecular flexibility index (Phi) is 7.05. The first-order chi connectivity index (χ1) is 10.1. The lowest BCUT2D eigenvalue weighted by atomic mass is 10.2. The Balaban J connectivity index is 2.51. The number of carboxylic acids is 1. The Labute approximate surface area is 120 Å². The van der Waals surface area contributed by atoms with E-state index in [2.05, 4.69) is 4.98 Å². The minimum atomic E-state index is -1.35. The van der Waals surface area contributed by atoms with Gasteiger partial charge in [-0.3, -0.25) is 10.1 Å². The quantitative estimate of drug-likeness (QED) is 0.387. The van der Waals surface area contributed by atoms with Gasteiger partial charge in [-0.2, -0.15) is 0 Å². The summed E-state index contributed by atoms with van der Waals surface area (Å²) in [5.74, 6) is -1.52. The zero-order chi connectivity index (χ0) is 15.7. The SMILES string of the molecule is COCCCOCCOc1ncc([N+](=O)[O-])cc1C(=O)O. The number of carbonyl (C=O) groups is 1. The average molecular weight is 300 g/mol. The number of methoxy groups -OCH3 is 1. The molecule has 116 valence electrons. The molecule has 0 saturated carbocycles. The Morgan fingerprint density at radius 3 is 2.76 bits per heavy atom. The molecular formula is C12H16N2O7. The number of aromatic nitrogens is 1. The van der Waals surface area contributed by atoms with Crippen LogP contribution in [0.2, 0.25) is 0 Å². The first kappa shape index (κ1) is 16.8. The molecule has 9 nitrogen and oxygen atoms in total. The van der Waals surface area contributed by atoms with Crippen molar-refractivity contribution in [3.63, 3.8) is 0 Å². The van der Waals surface area contributed by atoms with Gasteiger partial charge in [0.05, 0.1) is 11.5 Å². The Morgan fingerprint density at radius 1 is 1.38 bits per heavy atom. The third-order valence-electron chi connectivity index (χ3n) is 2.38. The number of aromatic carboxylic acids is 1. The molecule has 1 aromatic heterocycles. The van der Waals surface area contributed by atoms with Crippen molar-refractivity contribution in [2.24, 2.45) is 0 Å². The van der Waals surface area contributed by atoms with Gasteiger partial charge in [-0.25, -0.2) is 9.78 Å². The van der Waals surface area contributed by atoms with Crippen LogP contribution in [0.25, 0.3) is 0 Å². The zero-order valence-electron chi connectivity index (χ0n) is 11.5. The van der Waals surface area contributed by atoms with E-state index in [1.165, 1.54) is 0 Å². The Bertz CT molecular complexity index is 492. The molecule has 1 N–H and O–H groups in total. The smallest absolute Gasteiger partial charge is 0.341 e. The van der Waals surface area contributed by atoms with Crippen LogP contribution in [-0.4, -0.2) is 54.5 Å². The van der Waals surface area contributed by atoms with Gasteiger partial charge in [-0.1, -0.05) is 0 Å². The van der Waals surface area contributed by atoms with Crippen LogP contribution < -0.4 is 4.74 Å². The molecule has 1 aromatic rings. The molecular weight excluding hydrogens is 284 g/mol. The van der Waals surface area contributed by atoms with Crippen LogP contribution in [0, 0.1) is 10.1 Å². The third-order valence-corrected chi connectivity index (χ3v) is 2.38. The van der Waals surface area contributed by atoms with Gasteiger partial charge in [0.1, 0.15) is 18.4 Å². The van der Waals surface area contributed by atoms with E-state index < -0.39 is 16.6 Å². The fourth-order valence-electron chi connectivity index (χ4n) is 1.41. The van der Waals surface area contributed by atoms with Crippen LogP contribution in [0.5, 0.6) is 5.88 Å².